The van der Waals surface area contributed by atoms with Gasteiger partial charge in [-0.1, -0.05) is 12.1 Å². The Kier molecular flexibility index (Phi) is 5.12. The van der Waals surface area contributed by atoms with E-state index < -0.39 is 0 Å². The van der Waals surface area contributed by atoms with Crippen LogP contribution in [0.2, 0.25) is 0 Å². The summed E-state index contributed by atoms with van der Waals surface area (Å²) in [6.07, 6.45) is 2.07. The molecule has 0 aliphatic heterocycles. The lowest BCUT2D eigenvalue weighted by Crippen LogP contribution is -2.32. The van der Waals surface area contributed by atoms with Crippen molar-refractivity contribution in [2.75, 3.05) is 20.2 Å². The first-order valence-electron chi connectivity index (χ1n) is 6.86. The molecule has 1 aromatic rings. The molecule has 1 amide bonds. The van der Waals surface area contributed by atoms with Crippen LogP contribution in [0, 0.1) is 5.92 Å². The van der Waals surface area contributed by atoms with Gasteiger partial charge in [-0.05, 0) is 30.5 Å². The van der Waals surface area contributed by atoms with Gasteiger partial charge in [0.25, 0.3) is 0 Å². The van der Waals surface area contributed by atoms with Gasteiger partial charge in [-0.3, -0.25) is 4.79 Å². The molecule has 108 valence electrons. The number of methoxy groups -OCH3 is 1. The Hall–Kier alpha value is -1.88. The SMILES string of the molecule is COC(=O)c1ccc(CNCCNC(=O)C2CC2)cc1. The third-order valence-electron chi connectivity index (χ3n) is 3.25. The summed E-state index contributed by atoms with van der Waals surface area (Å²) in [4.78, 5) is 22.7. The van der Waals surface area contributed by atoms with Crippen LogP contribution < -0.4 is 10.6 Å². The lowest BCUT2D eigenvalue weighted by atomic mass is 10.1. The number of amides is 1. The largest absolute Gasteiger partial charge is 0.465 e. The molecule has 0 unspecified atom stereocenters. The van der Waals surface area contributed by atoms with Crippen LogP contribution in [0.25, 0.3) is 0 Å². The number of hydrogen-bond acceptors (Lipinski definition) is 4. The van der Waals surface area contributed by atoms with Gasteiger partial charge in [0, 0.05) is 25.6 Å². The van der Waals surface area contributed by atoms with E-state index in [4.69, 9.17) is 0 Å². The average molecular weight is 276 g/mol. The standard InChI is InChI=1S/C15H20N2O3/c1-20-15(19)13-4-2-11(3-5-13)10-16-8-9-17-14(18)12-6-7-12/h2-5,12,16H,6-10H2,1H3,(H,17,18). The van der Waals surface area contributed by atoms with Crippen molar-refractivity contribution in [3.05, 3.63) is 35.4 Å². The monoisotopic (exact) mass is 276 g/mol. The molecule has 0 saturated heterocycles. The summed E-state index contributed by atoms with van der Waals surface area (Å²) in [5, 5.41) is 6.15. The number of carbonyl (C=O) groups excluding carboxylic acids is 2. The van der Waals surface area contributed by atoms with Crippen LogP contribution in [0.5, 0.6) is 0 Å². The number of hydrogen-bond donors (Lipinski definition) is 2. The van der Waals surface area contributed by atoms with Gasteiger partial charge in [-0.15, -0.1) is 0 Å². The normalized spacial score (nSPS) is 13.8. The Morgan fingerprint density at radius 3 is 2.50 bits per heavy atom. The molecule has 0 spiro atoms. The summed E-state index contributed by atoms with van der Waals surface area (Å²) >= 11 is 0. The Morgan fingerprint density at radius 2 is 1.90 bits per heavy atom. The van der Waals surface area contributed by atoms with E-state index in [1.54, 1.807) is 12.1 Å². The number of carbonyl (C=O) groups is 2. The smallest absolute Gasteiger partial charge is 0.337 e. The van der Waals surface area contributed by atoms with Crippen molar-refractivity contribution in [1.82, 2.24) is 10.6 Å². The van der Waals surface area contributed by atoms with Crippen LogP contribution >= 0.6 is 0 Å². The van der Waals surface area contributed by atoms with E-state index in [1.807, 2.05) is 12.1 Å². The highest BCUT2D eigenvalue weighted by Crippen LogP contribution is 2.28. The molecule has 2 rings (SSSR count). The molecule has 1 aliphatic rings. The molecule has 5 heteroatoms. The second kappa shape index (κ2) is 7.05. The van der Waals surface area contributed by atoms with E-state index >= 15 is 0 Å². The quantitative estimate of drug-likeness (QED) is 0.578. The van der Waals surface area contributed by atoms with Gasteiger partial charge < -0.3 is 15.4 Å². The molecule has 0 radical (unpaired) electrons. The van der Waals surface area contributed by atoms with Gasteiger partial charge >= 0.3 is 5.97 Å². The second-order valence-corrected chi connectivity index (χ2v) is 4.93. The van der Waals surface area contributed by atoms with Crippen molar-refractivity contribution in [2.45, 2.75) is 19.4 Å². The maximum absolute atomic E-state index is 11.4. The molecule has 0 bridgehead atoms. The van der Waals surface area contributed by atoms with Crippen LogP contribution in [-0.2, 0) is 16.1 Å². The first-order chi connectivity index (χ1) is 9.70. The highest BCUT2D eigenvalue weighted by molar-refractivity contribution is 5.89. The van der Waals surface area contributed by atoms with Gasteiger partial charge in [0.05, 0.1) is 12.7 Å². The Morgan fingerprint density at radius 1 is 1.20 bits per heavy atom. The van der Waals surface area contributed by atoms with Gasteiger partial charge in [-0.2, -0.15) is 0 Å². The molecule has 0 atom stereocenters. The van der Waals surface area contributed by atoms with Crippen molar-refractivity contribution >= 4 is 11.9 Å². The summed E-state index contributed by atoms with van der Waals surface area (Å²) in [5.74, 6) is 0.113. The third kappa shape index (κ3) is 4.35. The molecule has 1 saturated carbocycles. The van der Waals surface area contributed by atoms with Crippen molar-refractivity contribution in [2.24, 2.45) is 5.92 Å². The zero-order chi connectivity index (χ0) is 14.4. The van der Waals surface area contributed by atoms with Crippen molar-refractivity contribution in [3.63, 3.8) is 0 Å². The fourth-order valence-electron chi connectivity index (χ4n) is 1.87. The Balaban J connectivity index is 1.63. The molecular formula is C15H20N2O3. The molecule has 0 aromatic heterocycles. The second-order valence-electron chi connectivity index (χ2n) is 4.93. The summed E-state index contributed by atoms with van der Waals surface area (Å²) < 4.78 is 4.64. The third-order valence-corrected chi connectivity index (χ3v) is 3.25. The minimum atomic E-state index is -0.327. The topological polar surface area (TPSA) is 67.4 Å². The van der Waals surface area contributed by atoms with Crippen molar-refractivity contribution < 1.29 is 14.3 Å². The summed E-state index contributed by atoms with van der Waals surface area (Å²) in [6.45, 7) is 2.09. The fraction of sp³-hybridized carbons (Fsp3) is 0.467. The van der Waals surface area contributed by atoms with Crippen LogP contribution in [0.15, 0.2) is 24.3 Å². The molecule has 5 nitrogen and oxygen atoms in total. The number of nitrogens with one attached hydrogen (secondary N) is 2. The fourth-order valence-corrected chi connectivity index (χ4v) is 1.87. The lowest BCUT2D eigenvalue weighted by Gasteiger charge is -2.07. The summed E-state index contributed by atoms with van der Waals surface area (Å²) in [5.41, 5.74) is 1.64. The first-order valence-corrected chi connectivity index (χ1v) is 6.86. The van der Waals surface area contributed by atoms with E-state index in [1.165, 1.54) is 7.11 Å². The molecular weight excluding hydrogens is 256 g/mol. The number of ether oxygens (including phenoxy) is 1. The van der Waals surface area contributed by atoms with Gasteiger partial charge in [-0.25, -0.2) is 4.79 Å². The van der Waals surface area contributed by atoms with Crippen molar-refractivity contribution in [3.8, 4) is 0 Å². The lowest BCUT2D eigenvalue weighted by molar-refractivity contribution is -0.122. The van der Waals surface area contributed by atoms with Gasteiger partial charge in [0.1, 0.15) is 0 Å². The van der Waals surface area contributed by atoms with Crippen LogP contribution in [-0.4, -0.2) is 32.1 Å². The maximum Gasteiger partial charge on any atom is 0.337 e. The van der Waals surface area contributed by atoms with E-state index in [0.717, 1.165) is 24.9 Å². The minimum Gasteiger partial charge on any atom is -0.465 e. The Labute approximate surface area is 118 Å². The average Bonchev–Trinajstić information content (AvgIpc) is 3.31. The van der Waals surface area contributed by atoms with E-state index in [2.05, 4.69) is 15.4 Å². The molecule has 0 heterocycles. The van der Waals surface area contributed by atoms with E-state index in [0.29, 0.717) is 18.7 Å². The summed E-state index contributed by atoms with van der Waals surface area (Å²) in [6, 6.07) is 7.28. The van der Waals surface area contributed by atoms with Gasteiger partial charge in [0.15, 0.2) is 0 Å². The Bertz CT molecular complexity index is 467. The van der Waals surface area contributed by atoms with Crippen LogP contribution in [0.1, 0.15) is 28.8 Å². The predicted molar refractivity (Wildman–Crippen MR) is 75.2 cm³/mol. The van der Waals surface area contributed by atoms with Crippen molar-refractivity contribution in [1.29, 1.82) is 0 Å². The zero-order valence-corrected chi connectivity index (χ0v) is 11.6. The first kappa shape index (κ1) is 14.5. The maximum atomic E-state index is 11.4. The molecule has 1 fully saturated rings. The number of benzene rings is 1. The van der Waals surface area contributed by atoms with Crippen LogP contribution in [0.3, 0.4) is 0 Å². The van der Waals surface area contributed by atoms with E-state index in [-0.39, 0.29) is 17.8 Å². The predicted octanol–water partition coefficient (Wildman–Crippen LogP) is 1.09. The highest BCUT2D eigenvalue weighted by Gasteiger charge is 2.28. The molecule has 2 N–H and O–H groups in total. The number of esters is 1. The molecule has 1 aromatic carbocycles. The minimum absolute atomic E-state index is 0.175. The van der Waals surface area contributed by atoms with Crippen LogP contribution in [0.4, 0.5) is 0 Å². The van der Waals surface area contributed by atoms with Gasteiger partial charge in [0.2, 0.25) is 5.91 Å². The zero-order valence-electron chi connectivity index (χ0n) is 11.6. The summed E-state index contributed by atoms with van der Waals surface area (Å²) in [7, 11) is 1.37. The highest BCUT2D eigenvalue weighted by atomic mass is 16.5. The number of rotatable bonds is 7. The molecule has 1 aliphatic carbocycles. The molecule has 20 heavy (non-hydrogen) atoms. The van der Waals surface area contributed by atoms with E-state index in [9.17, 15) is 9.59 Å².